The van der Waals surface area contributed by atoms with Crippen molar-refractivity contribution in [2.24, 2.45) is 5.92 Å². The summed E-state index contributed by atoms with van der Waals surface area (Å²) < 4.78 is 38.8. The number of carbonyl (C=O) groups is 1. The van der Waals surface area contributed by atoms with Crippen LogP contribution < -0.4 is 9.80 Å². The average Bonchev–Trinajstić information content (AvgIpc) is 2.79. The molecule has 2 aromatic rings. The van der Waals surface area contributed by atoms with E-state index >= 15 is 0 Å². The highest BCUT2D eigenvalue weighted by atomic mass is 19.4. The summed E-state index contributed by atoms with van der Waals surface area (Å²) in [5.41, 5.74) is 2.31. The second kappa shape index (κ2) is 8.66. The number of carbonyl (C=O) groups excluding carboxylic acids is 1. The number of hydrogen-bond acceptors (Lipinski definition) is 4. The highest BCUT2D eigenvalue weighted by molar-refractivity contribution is 5.56. The molecule has 1 aromatic carbocycles. The van der Waals surface area contributed by atoms with E-state index in [9.17, 15) is 18.0 Å². The third kappa shape index (κ3) is 4.60. The first kappa shape index (κ1) is 20.7. The number of aromatic nitrogens is 1. The molecule has 0 atom stereocenters. The summed E-state index contributed by atoms with van der Waals surface area (Å²) in [7, 11) is 0. The predicted octanol–water partition coefficient (Wildman–Crippen LogP) is 4.90. The van der Waals surface area contributed by atoms with E-state index in [0.29, 0.717) is 24.7 Å². The van der Waals surface area contributed by atoms with Crippen LogP contribution in [0.3, 0.4) is 0 Å². The van der Waals surface area contributed by atoms with Crippen molar-refractivity contribution < 1.29 is 18.0 Å². The molecule has 4 nitrogen and oxygen atoms in total. The fourth-order valence-electron chi connectivity index (χ4n) is 4.48. The van der Waals surface area contributed by atoms with Crippen LogP contribution in [0.1, 0.15) is 42.7 Å². The first-order chi connectivity index (χ1) is 14.4. The molecule has 2 aliphatic rings. The number of anilines is 2. The summed E-state index contributed by atoms with van der Waals surface area (Å²) in [5.74, 6) is 0.604. The van der Waals surface area contributed by atoms with Crippen molar-refractivity contribution in [3.8, 4) is 0 Å². The molecule has 2 saturated heterocycles. The van der Waals surface area contributed by atoms with Gasteiger partial charge in [0, 0.05) is 44.0 Å². The molecule has 0 aliphatic carbocycles. The SMILES string of the molecule is O=CC1CCN(c2ccc(C3CCN(c4cncc(C(F)(F)F)c4)CC3)cc2)CC1. The molecule has 0 unspecified atom stereocenters. The Morgan fingerprint density at radius 2 is 1.47 bits per heavy atom. The van der Waals surface area contributed by atoms with Crippen LogP contribution in [0.25, 0.3) is 0 Å². The van der Waals surface area contributed by atoms with Crippen molar-refractivity contribution in [1.29, 1.82) is 0 Å². The minimum atomic E-state index is -4.37. The van der Waals surface area contributed by atoms with E-state index in [4.69, 9.17) is 0 Å². The number of alkyl halides is 3. The molecule has 2 fully saturated rings. The van der Waals surface area contributed by atoms with Crippen LogP contribution in [0, 0.1) is 5.92 Å². The Balaban J connectivity index is 1.35. The van der Waals surface area contributed by atoms with E-state index < -0.39 is 11.7 Å². The lowest BCUT2D eigenvalue weighted by Crippen LogP contribution is -2.34. The van der Waals surface area contributed by atoms with Crippen LogP contribution in [0.15, 0.2) is 42.7 Å². The summed E-state index contributed by atoms with van der Waals surface area (Å²) >= 11 is 0. The van der Waals surface area contributed by atoms with Gasteiger partial charge in [0.05, 0.1) is 17.4 Å². The molecule has 2 aliphatic heterocycles. The minimum absolute atomic E-state index is 0.192. The molecule has 0 amide bonds. The van der Waals surface area contributed by atoms with Gasteiger partial charge in [0.25, 0.3) is 0 Å². The van der Waals surface area contributed by atoms with Crippen LogP contribution >= 0.6 is 0 Å². The number of benzene rings is 1. The van der Waals surface area contributed by atoms with Crippen molar-refractivity contribution in [1.82, 2.24) is 4.98 Å². The molecule has 3 heterocycles. The minimum Gasteiger partial charge on any atom is -0.371 e. The number of aldehydes is 1. The number of piperidine rings is 2. The van der Waals surface area contributed by atoms with Crippen LogP contribution in [0.5, 0.6) is 0 Å². The van der Waals surface area contributed by atoms with Gasteiger partial charge in [0.2, 0.25) is 0 Å². The van der Waals surface area contributed by atoms with Gasteiger partial charge in [-0.15, -0.1) is 0 Å². The lowest BCUT2D eigenvalue weighted by Gasteiger charge is -2.34. The monoisotopic (exact) mass is 417 g/mol. The van der Waals surface area contributed by atoms with Crippen molar-refractivity contribution in [3.63, 3.8) is 0 Å². The van der Waals surface area contributed by atoms with Gasteiger partial charge in [-0.2, -0.15) is 13.2 Å². The lowest BCUT2D eigenvalue weighted by atomic mass is 9.89. The Labute approximate surface area is 174 Å². The molecule has 0 radical (unpaired) electrons. The number of hydrogen-bond donors (Lipinski definition) is 0. The Morgan fingerprint density at radius 3 is 2.07 bits per heavy atom. The van der Waals surface area contributed by atoms with Crippen LogP contribution in [-0.2, 0) is 11.0 Å². The average molecular weight is 417 g/mol. The molecule has 0 saturated carbocycles. The van der Waals surface area contributed by atoms with E-state index in [2.05, 4.69) is 34.1 Å². The van der Waals surface area contributed by atoms with Gasteiger partial charge in [-0.05, 0) is 55.4 Å². The fraction of sp³-hybridized carbons (Fsp3) is 0.478. The van der Waals surface area contributed by atoms with Crippen molar-refractivity contribution in [2.75, 3.05) is 36.0 Å². The Morgan fingerprint density at radius 1 is 0.867 bits per heavy atom. The third-order valence-electron chi connectivity index (χ3n) is 6.37. The summed E-state index contributed by atoms with van der Waals surface area (Å²) in [6.45, 7) is 3.25. The zero-order valence-corrected chi connectivity index (χ0v) is 16.8. The zero-order chi connectivity index (χ0) is 21.1. The first-order valence-corrected chi connectivity index (χ1v) is 10.5. The normalized spacial score (nSPS) is 19.2. The van der Waals surface area contributed by atoms with Gasteiger partial charge in [0.1, 0.15) is 6.29 Å². The maximum Gasteiger partial charge on any atom is 0.417 e. The van der Waals surface area contributed by atoms with E-state index in [0.717, 1.165) is 51.3 Å². The third-order valence-corrected chi connectivity index (χ3v) is 6.37. The molecule has 0 bridgehead atoms. The van der Waals surface area contributed by atoms with Gasteiger partial charge in [-0.1, -0.05) is 12.1 Å². The van der Waals surface area contributed by atoms with Gasteiger partial charge >= 0.3 is 6.18 Å². The van der Waals surface area contributed by atoms with Crippen LogP contribution in [0.2, 0.25) is 0 Å². The first-order valence-electron chi connectivity index (χ1n) is 10.5. The second-order valence-electron chi connectivity index (χ2n) is 8.24. The molecular weight excluding hydrogens is 391 g/mol. The highest BCUT2D eigenvalue weighted by Gasteiger charge is 2.32. The van der Waals surface area contributed by atoms with Crippen molar-refractivity contribution in [3.05, 3.63) is 53.9 Å². The maximum atomic E-state index is 12.9. The summed E-state index contributed by atoms with van der Waals surface area (Å²) in [6, 6.07) is 9.84. The molecular formula is C23H26F3N3O. The van der Waals surface area contributed by atoms with Crippen LogP contribution in [-0.4, -0.2) is 37.4 Å². The van der Waals surface area contributed by atoms with E-state index in [1.807, 2.05) is 4.90 Å². The predicted molar refractivity (Wildman–Crippen MR) is 111 cm³/mol. The summed E-state index contributed by atoms with van der Waals surface area (Å²) in [4.78, 5) is 19.0. The number of pyridine rings is 1. The summed E-state index contributed by atoms with van der Waals surface area (Å²) in [5, 5.41) is 0. The van der Waals surface area contributed by atoms with Crippen molar-refractivity contribution >= 4 is 17.7 Å². The molecule has 160 valence electrons. The fourth-order valence-corrected chi connectivity index (χ4v) is 4.48. The quantitative estimate of drug-likeness (QED) is 0.663. The molecule has 7 heteroatoms. The largest absolute Gasteiger partial charge is 0.417 e. The number of nitrogens with zero attached hydrogens (tertiary/aromatic N) is 3. The smallest absolute Gasteiger partial charge is 0.371 e. The highest BCUT2D eigenvalue weighted by Crippen LogP contribution is 2.34. The van der Waals surface area contributed by atoms with Gasteiger partial charge in [0.15, 0.2) is 0 Å². The Bertz CT molecular complexity index is 853. The van der Waals surface area contributed by atoms with Gasteiger partial charge in [-0.25, -0.2) is 0 Å². The standard InChI is InChI=1S/C23H26F3N3O/c24-23(25,26)20-13-22(15-27-14-20)29-11-7-19(8-12-29)18-1-3-21(4-2-18)28-9-5-17(16-30)6-10-28/h1-4,13-17,19H,5-12H2. The van der Waals surface area contributed by atoms with E-state index in [1.54, 1.807) is 0 Å². The molecule has 30 heavy (non-hydrogen) atoms. The van der Waals surface area contributed by atoms with Gasteiger partial charge < -0.3 is 14.6 Å². The number of halogens is 3. The van der Waals surface area contributed by atoms with Crippen LogP contribution in [0.4, 0.5) is 24.5 Å². The Hall–Kier alpha value is -2.57. The molecule has 0 N–H and O–H groups in total. The Kier molecular flexibility index (Phi) is 5.97. The van der Waals surface area contributed by atoms with Gasteiger partial charge in [-0.3, -0.25) is 4.98 Å². The summed E-state index contributed by atoms with van der Waals surface area (Å²) in [6.07, 6.45) is 2.72. The zero-order valence-electron chi connectivity index (χ0n) is 16.8. The lowest BCUT2D eigenvalue weighted by molar-refractivity contribution is -0.137. The van der Waals surface area contributed by atoms with Crippen molar-refractivity contribution in [2.45, 2.75) is 37.8 Å². The van der Waals surface area contributed by atoms with E-state index in [1.165, 1.54) is 23.5 Å². The maximum absolute atomic E-state index is 12.9. The molecule has 4 rings (SSSR count). The molecule has 0 spiro atoms. The number of rotatable bonds is 4. The molecule has 1 aromatic heterocycles. The van der Waals surface area contributed by atoms with E-state index in [-0.39, 0.29) is 5.92 Å². The second-order valence-corrected chi connectivity index (χ2v) is 8.24. The topological polar surface area (TPSA) is 36.4 Å².